The number of fused-ring (bicyclic) bond motifs is 3. The van der Waals surface area contributed by atoms with Gasteiger partial charge in [-0.1, -0.05) is 117 Å². The molecule has 264 valence electrons. The standard InChI is InChI=1S/C45H38O5P2S/c1-5-15-31-29-33(25-27-40(31)49-51(47)42-23-13-9-19-37(42)35-17-7-11-21-39(35)46)45(3,4)34-26-28-44(32(30-34)16-6-2)53-52(48)43-24-14-10-20-38(43)36-18-8-12-22-41(36)50-52/h5-14,17-30H,1-2,15-16H2,3-4H3/p+1. The lowest BCUT2D eigenvalue weighted by atomic mass is 9.77. The van der Waals surface area contributed by atoms with Crippen LogP contribution in [-0.2, 0) is 27.4 Å². The average molecular weight is 754 g/mol. The molecule has 7 rings (SSSR count). The molecule has 1 N–H and O–H groups in total. The van der Waals surface area contributed by atoms with Gasteiger partial charge >= 0.3 is 14.6 Å². The fraction of sp³-hybridized carbons (Fsp3) is 0.111. The minimum absolute atomic E-state index is 0.109. The highest BCUT2D eigenvalue weighted by molar-refractivity contribution is 8.59. The van der Waals surface area contributed by atoms with Crippen LogP contribution in [-0.4, -0.2) is 5.11 Å². The summed E-state index contributed by atoms with van der Waals surface area (Å²) in [4.78, 5) is 0.881. The second kappa shape index (κ2) is 15.1. The number of benzene rings is 6. The third-order valence-corrected chi connectivity index (χ3v) is 15.1. The molecule has 1 aliphatic heterocycles. The van der Waals surface area contributed by atoms with Crippen LogP contribution in [0.1, 0.15) is 36.1 Å². The Bertz CT molecular complexity index is 2430. The van der Waals surface area contributed by atoms with Crippen LogP contribution < -0.4 is 19.7 Å². The molecular weight excluding hydrogens is 715 g/mol. The van der Waals surface area contributed by atoms with Crippen LogP contribution in [0.15, 0.2) is 164 Å². The summed E-state index contributed by atoms with van der Waals surface area (Å²) in [5, 5.41) is 11.7. The fourth-order valence-electron chi connectivity index (χ4n) is 6.70. The van der Waals surface area contributed by atoms with E-state index >= 15 is 0 Å². The van der Waals surface area contributed by atoms with Gasteiger partial charge in [-0.15, -0.1) is 13.2 Å². The zero-order valence-electron chi connectivity index (χ0n) is 29.6. The lowest BCUT2D eigenvalue weighted by Crippen LogP contribution is -2.20. The molecule has 1 aliphatic rings. The molecule has 1 heterocycles. The molecule has 0 bridgehead atoms. The van der Waals surface area contributed by atoms with E-state index in [9.17, 15) is 14.2 Å². The average Bonchev–Trinajstić information content (AvgIpc) is 3.16. The molecular formula is C45H39O5P2S+. The summed E-state index contributed by atoms with van der Waals surface area (Å²) in [6.45, 7) is 8.95. The molecule has 53 heavy (non-hydrogen) atoms. The molecule has 2 atom stereocenters. The predicted octanol–water partition coefficient (Wildman–Crippen LogP) is 12.0. The van der Waals surface area contributed by atoms with E-state index in [1.807, 2.05) is 103 Å². The van der Waals surface area contributed by atoms with Crippen molar-refractivity contribution >= 4 is 36.6 Å². The van der Waals surface area contributed by atoms with Crippen LogP contribution in [0.3, 0.4) is 0 Å². The molecule has 6 aromatic rings. The molecule has 0 aliphatic carbocycles. The molecule has 0 amide bonds. The largest absolute Gasteiger partial charge is 0.597 e. The second-order valence-corrected chi connectivity index (χ2v) is 18.8. The summed E-state index contributed by atoms with van der Waals surface area (Å²) in [6.07, 6.45) is 4.78. The van der Waals surface area contributed by atoms with Gasteiger partial charge < -0.3 is 9.63 Å². The van der Waals surface area contributed by atoms with E-state index < -0.39 is 20.0 Å². The number of rotatable bonds is 12. The van der Waals surface area contributed by atoms with Gasteiger partial charge in [-0.05, 0) is 87.9 Å². The van der Waals surface area contributed by atoms with Crippen molar-refractivity contribution in [3.63, 3.8) is 0 Å². The minimum Gasteiger partial charge on any atom is -0.507 e. The van der Waals surface area contributed by atoms with Gasteiger partial charge in [0.25, 0.3) is 0 Å². The quantitative estimate of drug-likeness (QED) is 0.0991. The van der Waals surface area contributed by atoms with Crippen molar-refractivity contribution in [2.45, 2.75) is 37.0 Å². The highest BCUT2D eigenvalue weighted by Crippen LogP contribution is 2.66. The van der Waals surface area contributed by atoms with Crippen molar-refractivity contribution in [2.75, 3.05) is 0 Å². The Morgan fingerprint density at radius 2 is 1.32 bits per heavy atom. The SMILES string of the molecule is C=CCc1cc(C(C)(C)c2ccc(SP3(=O)Oc4ccccc4-c4ccccc43)c(CC=C)c2)ccc1O[P+](=O)c1ccccc1-c1ccccc1O. The maximum absolute atomic E-state index is 14.7. The molecule has 8 heteroatoms. The summed E-state index contributed by atoms with van der Waals surface area (Å²) in [7, 11) is -2.31. The highest BCUT2D eigenvalue weighted by atomic mass is 32.7. The molecule has 0 saturated heterocycles. The van der Waals surface area contributed by atoms with Crippen molar-refractivity contribution in [3.05, 3.63) is 181 Å². The van der Waals surface area contributed by atoms with Crippen LogP contribution in [0.5, 0.6) is 17.2 Å². The third kappa shape index (κ3) is 7.15. The number of phenols is 1. The van der Waals surface area contributed by atoms with Crippen molar-refractivity contribution < 1.29 is 23.3 Å². The van der Waals surface area contributed by atoms with Crippen LogP contribution in [0.25, 0.3) is 22.3 Å². The van der Waals surface area contributed by atoms with Crippen LogP contribution in [0.4, 0.5) is 0 Å². The van der Waals surface area contributed by atoms with Gasteiger partial charge in [-0.25, -0.2) is 4.52 Å². The Balaban J connectivity index is 1.19. The highest BCUT2D eigenvalue weighted by Gasteiger charge is 2.38. The van der Waals surface area contributed by atoms with Crippen molar-refractivity contribution in [3.8, 4) is 39.5 Å². The van der Waals surface area contributed by atoms with Gasteiger partial charge in [0.1, 0.15) is 11.5 Å². The monoisotopic (exact) mass is 753 g/mol. The van der Waals surface area contributed by atoms with E-state index in [2.05, 4.69) is 45.2 Å². The Morgan fingerprint density at radius 3 is 2.06 bits per heavy atom. The Kier molecular flexibility index (Phi) is 10.3. The zero-order valence-corrected chi connectivity index (χ0v) is 32.2. The Hall–Kier alpha value is -5.12. The predicted molar refractivity (Wildman–Crippen MR) is 220 cm³/mol. The first-order valence-corrected chi connectivity index (χ1v) is 21.5. The number of hydrogen-bond acceptors (Lipinski definition) is 6. The number of phenolic OH excluding ortho intramolecular Hbond substituents is 1. The fourth-order valence-corrected chi connectivity index (χ4v) is 12.2. The summed E-state index contributed by atoms with van der Waals surface area (Å²) in [6, 6.07) is 42.1. The Morgan fingerprint density at radius 1 is 0.736 bits per heavy atom. The molecule has 0 spiro atoms. The number of para-hydroxylation sites is 2. The minimum atomic E-state index is -3.38. The molecule has 0 radical (unpaired) electrons. The maximum Gasteiger partial charge on any atom is 0.597 e. The lowest BCUT2D eigenvalue weighted by molar-refractivity contribution is 0.477. The van der Waals surface area contributed by atoms with Crippen LogP contribution in [0.2, 0.25) is 0 Å². The topological polar surface area (TPSA) is 72.8 Å². The van der Waals surface area contributed by atoms with E-state index in [4.69, 9.17) is 9.05 Å². The van der Waals surface area contributed by atoms with E-state index in [0.29, 0.717) is 46.1 Å². The van der Waals surface area contributed by atoms with Gasteiger partial charge in [-0.3, -0.25) is 4.57 Å². The first kappa shape index (κ1) is 36.2. The smallest absolute Gasteiger partial charge is 0.507 e. The first-order chi connectivity index (χ1) is 25.6. The second-order valence-electron chi connectivity index (χ2n) is 13.3. The molecule has 6 aromatic carbocycles. The molecule has 0 aromatic heterocycles. The van der Waals surface area contributed by atoms with Crippen molar-refractivity contribution in [1.29, 1.82) is 0 Å². The summed E-state index contributed by atoms with van der Waals surface area (Å²) < 4.78 is 41.0. The molecule has 0 fully saturated rings. The summed E-state index contributed by atoms with van der Waals surface area (Å²) >= 11 is 1.29. The van der Waals surface area contributed by atoms with Crippen molar-refractivity contribution in [2.24, 2.45) is 0 Å². The van der Waals surface area contributed by atoms with E-state index in [-0.39, 0.29) is 5.75 Å². The van der Waals surface area contributed by atoms with E-state index in [1.54, 1.807) is 24.3 Å². The van der Waals surface area contributed by atoms with Gasteiger partial charge in [-0.2, -0.15) is 0 Å². The number of aromatic hydroxyl groups is 1. The van der Waals surface area contributed by atoms with Gasteiger partial charge in [0, 0.05) is 38.1 Å². The maximum atomic E-state index is 14.7. The number of hydrogen-bond donors (Lipinski definition) is 1. The van der Waals surface area contributed by atoms with Crippen molar-refractivity contribution in [1.82, 2.24) is 0 Å². The van der Waals surface area contributed by atoms with E-state index in [1.165, 1.54) is 11.4 Å². The van der Waals surface area contributed by atoms with Gasteiger partial charge in [0.2, 0.25) is 5.30 Å². The van der Waals surface area contributed by atoms with Gasteiger partial charge in [0.05, 0.1) is 5.30 Å². The Labute approximate surface area is 316 Å². The number of allylic oxidation sites excluding steroid dienone is 2. The normalized spacial score (nSPS) is 15.0. The lowest BCUT2D eigenvalue weighted by Gasteiger charge is -2.30. The molecule has 5 nitrogen and oxygen atoms in total. The molecule has 0 saturated carbocycles. The third-order valence-electron chi connectivity index (χ3n) is 9.58. The van der Waals surface area contributed by atoms with Crippen LogP contribution >= 0.6 is 26.0 Å². The zero-order chi connectivity index (χ0) is 37.2. The first-order valence-electron chi connectivity index (χ1n) is 17.3. The molecule has 2 unspecified atom stereocenters. The summed E-state index contributed by atoms with van der Waals surface area (Å²) in [5.41, 5.74) is 6.67. The van der Waals surface area contributed by atoms with E-state index in [0.717, 1.165) is 38.3 Å². The summed E-state index contributed by atoms with van der Waals surface area (Å²) in [5.74, 6) is 1.24. The van der Waals surface area contributed by atoms with Crippen LogP contribution in [0, 0.1) is 0 Å². The van der Waals surface area contributed by atoms with Gasteiger partial charge in [0.15, 0.2) is 5.75 Å².